The molecule has 0 saturated heterocycles. The number of nitrogens with zero attached hydrogens (tertiary/aromatic N) is 2. The summed E-state index contributed by atoms with van der Waals surface area (Å²) in [6.07, 6.45) is 2.13. The Morgan fingerprint density at radius 1 is 0.667 bits per heavy atom. The fourth-order valence-corrected chi connectivity index (χ4v) is 4.14. The number of benzene rings is 4. The normalized spacial score (nSPS) is 11.0. The molecular formula is C28H23N2+. The van der Waals surface area contributed by atoms with Crippen molar-refractivity contribution in [1.82, 2.24) is 4.98 Å². The summed E-state index contributed by atoms with van der Waals surface area (Å²) in [6.45, 7) is 2.16. The van der Waals surface area contributed by atoms with E-state index >= 15 is 0 Å². The summed E-state index contributed by atoms with van der Waals surface area (Å²) in [5.41, 5.74) is 7.82. The third-order valence-electron chi connectivity index (χ3n) is 5.64. The van der Waals surface area contributed by atoms with Crippen LogP contribution in [0.3, 0.4) is 0 Å². The highest BCUT2D eigenvalue weighted by Crippen LogP contribution is 2.35. The molecule has 1 aromatic heterocycles. The molecular weight excluding hydrogens is 364 g/mol. The highest BCUT2D eigenvalue weighted by atomic mass is 15.0. The van der Waals surface area contributed by atoms with Crippen LogP contribution in [0.15, 0.2) is 103 Å². The molecule has 0 fully saturated rings. The predicted molar refractivity (Wildman–Crippen MR) is 124 cm³/mol. The monoisotopic (exact) mass is 387 g/mol. The third kappa shape index (κ3) is 3.17. The maximum atomic E-state index is 5.22. The van der Waals surface area contributed by atoms with E-state index in [4.69, 9.17) is 4.98 Å². The van der Waals surface area contributed by atoms with Gasteiger partial charge in [0, 0.05) is 11.1 Å². The highest BCUT2D eigenvalue weighted by molar-refractivity contribution is 5.98. The smallest absolute Gasteiger partial charge is 0.234 e. The maximum absolute atomic E-state index is 5.22. The molecule has 4 aromatic carbocycles. The maximum Gasteiger partial charge on any atom is 0.239 e. The van der Waals surface area contributed by atoms with Crippen molar-refractivity contribution in [2.45, 2.75) is 6.92 Å². The van der Waals surface area contributed by atoms with E-state index in [9.17, 15) is 0 Å². The largest absolute Gasteiger partial charge is 0.239 e. The zero-order chi connectivity index (χ0) is 20.5. The fraction of sp³-hybridized carbons (Fsp3) is 0.0714. The third-order valence-corrected chi connectivity index (χ3v) is 5.64. The molecule has 0 spiro atoms. The first-order chi connectivity index (χ1) is 14.7. The first-order valence-electron chi connectivity index (χ1n) is 10.2. The lowest BCUT2D eigenvalue weighted by molar-refractivity contribution is -0.659. The molecule has 0 saturated carbocycles. The quantitative estimate of drug-likeness (QED) is 0.329. The molecule has 0 bridgehead atoms. The Morgan fingerprint density at radius 2 is 1.33 bits per heavy atom. The SMILES string of the molecule is Cc1ccccc1-c1c(-c2cccc3ccccc23)nc(-c2ccccc2)c[n+]1C. The zero-order valence-electron chi connectivity index (χ0n) is 17.2. The average Bonchev–Trinajstić information content (AvgIpc) is 2.79. The number of hydrogen-bond donors (Lipinski definition) is 0. The lowest BCUT2D eigenvalue weighted by Crippen LogP contribution is -2.32. The van der Waals surface area contributed by atoms with Gasteiger partial charge in [-0.15, -0.1) is 0 Å². The molecule has 5 rings (SSSR count). The van der Waals surface area contributed by atoms with Crippen LogP contribution in [0, 0.1) is 6.92 Å². The van der Waals surface area contributed by atoms with Gasteiger partial charge in [0.1, 0.15) is 18.4 Å². The lowest BCUT2D eigenvalue weighted by Gasteiger charge is -2.13. The van der Waals surface area contributed by atoms with Crippen molar-refractivity contribution >= 4 is 10.8 Å². The first kappa shape index (κ1) is 18.3. The van der Waals surface area contributed by atoms with E-state index in [1.54, 1.807) is 0 Å². The van der Waals surface area contributed by atoms with Crippen LogP contribution in [0.25, 0.3) is 44.5 Å². The van der Waals surface area contributed by atoms with E-state index in [1.807, 2.05) is 6.07 Å². The van der Waals surface area contributed by atoms with Gasteiger partial charge in [0.15, 0.2) is 6.20 Å². The second-order valence-corrected chi connectivity index (χ2v) is 7.64. The minimum absolute atomic E-state index is 0.971. The summed E-state index contributed by atoms with van der Waals surface area (Å²) in [7, 11) is 2.12. The summed E-state index contributed by atoms with van der Waals surface area (Å²) in [5.74, 6) is 0. The molecule has 2 nitrogen and oxygen atoms in total. The molecule has 0 atom stereocenters. The molecule has 0 aliphatic carbocycles. The van der Waals surface area contributed by atoms with Crippen LogP contribution in [-0.4, -0.2) is 4.98 Å². The van der Waals surface area contributed by atoms with Crippen molar-refractivity contribution in [2.75, 3.05) is 0 Å². The number of rotatable bonds is 3. The fourth-order valence-electron chi connectivity index (χ4n) is 4.14. The summed E-state index contributed by atoms with van der Waals surface area (Å²) >= 11 is 0. The van der Waals surface area contributed by atoms with E-state index in [-0.39, 0.29) is 0 Å². The molecule has 0 unspecified atom stereocenters. The molecule has 0 N–H and O–H groups in total. The molecule has 0 radical (unpaired) electrons. The second-order valence-electron chi connectivity index (χ2n) is 7.64. The Hall–Kier alpha value is -3.78. The number of aryl methyl sites for hydroxylation is 2. The van der Waals surface area contributed by atoms with Crippen LogP contribution >= 0.6 is 0 Å². The minimum Gasteiger partial charge on any atom is -0.234 e. The van der Waals surface area contributed by atoms with Gasteiger partial charge in [-0.2, -0.15) is 4.57 Å². The molecule has 5 aromatic rings. The van der Waals surface area contributed by atoms with Gasteiger partial charge in [-0.1, -0.05) is 91.0 Å². The highest BCUT2D eigenvalue weighted by Gasteiger charge is 2.24. The van der Waals surface area contributed by atoms with Crippen LogP contribution in [0.1, 0.15) is 5.56 Å². The van der Waals surface area contributed by atoms with Crippen LogP contribution < -0.4 is 4.57 Å². The van der Waals surface area contributed by atoms with Gasteiger partial charge >= 0.3 is 0 Å². The first-order valence-corrected chi connectivity index (χ1v) is 10.2. The van der Waals surface area contributed by atoms with E-state index < -0.39 is 0 Å². The van der Waals surface area contributed by atoms with Gasteiger partial charge in [0.2, 0.25) is 5.69 Å². The van der Waals surface area contributed by atoms with Crippen LogP contribution in [0.2, 0.25) is 0 Å². The van der Waals surface area contributed by atoms with Gasteiger partial charge in [-0.05, 0) is 29.3 Å². The van der Waals surface area contributed by atoms with E-state index in [2.05, 4.69) is 116 Å². The Bertz CT molecular complexity index is 1350. The molecule has 0 amide bonds. The number of fused-ring (bicyclic) bond motifs is 1. The summed E-state index contributed by atoms with van der Waals surface area (Å²) < 4.78 is 2.22. The second kappa shape index (κ2) is 7.57. The van der Waals surface area contributed by atoms with Crippen molar-refractivity contribution < 1.29 is 4.57 Å². The molecule has 144 valence electrons. The van der Waals surface area contributed by atoms with E-state index in [0.29, 0.717) is 0 Å². The summed E-state index contributed by atoms with van der Waals surface area (Å²) in [5, 5.41) is 2.44. The van der Waals surface area contributed by atoms with Crippen molar-refractivity contribution in [3.63, 3.8) is 0 Å². The van der Waals surface area contributed by atoms with Crippen LogP contribution in [-0.2, 0) is 7.05 Å². The van der Waals surface area contributed by atoms with Gasteiger partial charge in [0.05, 0.1) is 5.56 Å². The van der Waals surface area contributed by atoms with Crippen molar-refractivity contribution in [3.05, 3.63) is 109 Å². The zero-order valence-corrected chi connectivity index (χ0v) is 17.2. The average molecular weight is 388 g/mol. The Kier molecular flexibility index (Phi) is 4.61. The van der Waals surface area contributed by atoms with Crippen molar-refractivity contribution in [3.8, 4) is 33.8 Å². The topological polar surface area (TPSA) is 16.8 Å². The van der Waals surface area contributed by atoms with Gasteiger partial charge in [-0.3, -0.25) is 0 Å². The number of aromatic nitrogens is 2. The molecule has 2 heteroatoms. The Labute approximate surface area is 177 Å². The lowest BCUT2D eigenvalue weighted by atomic mass is 9.96. The summed E-state index contributed by atoms with van der Waals surface area (Å²) in [4.78, 5) is 5.22. The van der Waals surface area contributed by atoms with Crippen molar-refractivity contribution in [2.24, 2.45) is 7.05 Å². The van der Waals surface area contributed by atoms with Gasteiger partial charge in [0.25, 0.3) is 0 Å². The Balaban J connectivity index is 1.87. The standard InChI is InChI=1S/C28H23N2/c1-20-11-6-8-16-23(20)28-27(25-18-10-15-21-12-7-9-17-24(21)25)29-26(19-30(28)2)22-13-4-3-5-14-22/h3-19H,1-2H3/q+1. The molecule has 0 aliphatic heterocycles. The van der Waals surface area contributed by atoms with Crippen molar-refractivity contribution in [1.29, 1.82) is 0 Å². The summed E-state index contributed by atoms with van der Waals surface area (Å²) in [6, 6.07) is 33.9. The number of hydrogen-bond acceptors (Lipinski definition) is 1. The molecule has 30 heavy (non-hydrogen) atoms. The van der Waals surface area contributed by atoms with Crippen LogP contribution in [0.4, 0.5) is 0 Å². The van der Waals surface area contributed by atoms with Crippen LogP contribution in [0.5, 0.6) is 0 Å². The minimum atomic E-state index is 0.971. The Morgan fingerprint density at radius 3 is 2.17 bits per heavy atom. The molecule has 0 aliphatic rings. The molecule has 1 heterocycles. The van der Waals surface area contributed by atoms with E-state index in [0.717, 1.165) is 28.2 Å². The van der Waals surface area contributed by atoms with E-state index in [1.165, 1.54) is 21.9 Å². The van der Waals surface area contributed by atoms with Gasteiger partial charge in [-0.25, -0.2) is 4.98 Å². The van der Waals surface area contributed by atoms with Gasteiger partial charge < -0.3 is 0 Å². The predicted octanol–water partition coefficient (Wildman–Crippen LogP) is 6.37.